The number of carbonyl (C=O) groups is 1. The fourth-order valence-electron chi connectivity index (χ4n) is 2.40. The van der Waals surface area contributed by atoms with Crippen LogP contribution in [0.1, 0.15) is 25.0 Å². The topological polar surface area (TPSA) is 43.8 Å². The molecule has 1 aromatic carbocycles. The van der Waals surface area contributed by atoms with Crippen molar-refractivity contribution in [3.63, 3.8) is 0 Å². The second-order valence-electron chi connectivity index (χ2n) is 4.95. The molecule has 0 spiro atoms. The lowest BCUT2D eigenvalue weighted by Crippen LogP contribution is -2.48. The molecule has 0 radical (unpaired) electrons. The van der Waals surface area contributed by atoms with E-state index in [9.17, 15) is 9.90 Å². The average molecular weight is 262 g/mol. The normalized spacial score (nSPS) is 18.3. The summed E-state index contributed by atoms with van der Waals surface area (Å²) in [6, 6.07) is 9.37. The molecule has 104 valence electrons. The van der Waals surface area contributed by atoms with Crippen LogP contribution in [0.4, 0.5) is 0 Å². The van der Waals surface area contributed by atoms with E-state index in [1.807, 2.05) is 35.2 Å². The summed E-state index contributed by atoms with van der Waals surface area (Å²) in [5, 5.41) is 10.1. The van der Waals surface area contributed by atoms with E-state index in [0.717, 1.165) is 38.3 Å². The number of hydrogen-bond donors (Lipinski definition) is 1. The molecule has 4 heteroatoms. The van der Waals surface area contributed by atoms with E-state index in [1.165, 1.54) is 0 Å². The molecule has 2 rings (SSSR count). The van der Waals surface area contributed by atoms with Crippen LogP contribution in [0.5, 0.6) is 0 Å². The Morgan fingerprint density at radius 3 is 2.42 bits per heavy atom. The van der Waals surface area contributed by atoms with E-state index in [1.54, 1.807) is 0 Å². The van der Waals surface area contributed by atoms with Gasteiger partial charge in [-0.15, -0.1) is 0 Å². The average Bonchev–Trinajstić information content (AvgIpc) is 2.48. The van der Waals surface area contributed by atoms with Crippen molar-refractivity contribution in [2.75, 3.05) is 32.7 Å². The largest absolute Gasteiger partial charge is 0.388 e. The predicted molar refractivity (Wildman–Crippen MR) is 74.7 cm³/mol. The standard InChI is InChI=1S/C15H22N2O2/c1-2-16-8-10-17(11-9-16)15(19)12-14(18)13-6-4-3-5-7-13/h3-7,14,18H,2,8-12H2,1H3. The maximum absolute atomic E-state index is 12.1. The molecule has 1 fully saturated rings. The fraction of sp³-hybridized carbons (Fsp3) is 0.533. The van der Waals surface area contributed by atoms with E-state index in [4.69, 9.17) is 0 Å². The highest BCUT2D eigenvalue weighted by Gasteiger charge is 2.22. The molecule has 0 aliphatic carbocycles. The van der Waals surface area contributed by atoms with Crippen LogP contribution >= 0.6 is 0 Å². The Labute approximate surface area is 114 Å². The molecule has 1 aliphatic heterocycles. The number of benzene rings is 1. The summed E-state index contributed by atoms with van der Waals surface area (Å²) in [4.78, 5) is 16.3. The first-order valence-electron chi connectivity index (χ1n) is 6.94. The van der Waals surface area contributed by atoms with Gasteiger partial charge in [0.15, 0.2) is 0 Å². The first-order chi connectivity index (χ1) is 9.20. The van der Waals surface area contributed by atoms with Crippen LogP contribution < -0.4 is 0 Å². The second-order valence-corrected chi connectivity index (χ2v) is 4.95. The van der Waals surface area contributed by atoms with Gasteiger partial charge in [0.1, 0.15) is 0 Å². The molecule has 1 aromatic rings. The van der Waals surface area contributed by atoms with Crippen LogP contribution in [0.3, 0.4) is 0 Å². The van der Waals surface area contributed by atoms with E-state index in [-0.39, 0.29) is 12.3 Å². The first-order valence-corrected chi connectivity index (χ1v) is 6.94. The Hall–Kier alpha value is -1.39. The molecule has 0 saturated carbocycles. The van der Waals surface area contributed by atoms with E-state index >= 15 is 0 Å². The van der Waals surface area contributed by atoms with Crippen molar-refractivity contribution in [1.82, 2.24) is 9.80 Å². The Morgan fingerprint density at radius 1 is 1.21 bits per heavy atom. The molecule has 1 heterocycles. The zero-order valence-electron chi connectivity index (χ0n) is 11.5. The van der Waals surface area contributed by atoms with Crippen molar-refractivity contribution < 1.29 is 9.90 Å². The molecule has 0 aromatic heterocycles. The van der Waals surface area contributed by atoms with Gasteiger partial charge in [-0.25, -0.2) is 0 Å². The molecule has 1 unspecified atom stereocenters. The third-order valence-electron chi connectivity index (χ3n) is 3.72. The van der Waals surface area contributed by atoms with Crippen molar-refractivity contribution in [2.24, 2.45) is 0 Å². The van der Waals surface area contributed by atoms with Crippen molar-refractivity contribution in [3.05, 3.63) is 35.9 Å². The van der Waals surface area contributed by atoms with Crippen LogP contribution in [0, 0.1) is 0 Å². The molecule has 1 saturated heterocycles. The van der Waals surface area contributed by atoms with Crippen LogP contribution in [0.15, 0.2) is 30.3 Å². The first kappa shape index (κ1) is 14.0. The third-order valence-corrected chi connectivity index (χ3v) is 3.72. The maximum Gasteiger partial charge on any atom is 0.225 e. The van der Waals surface area contributed by atoms with Gasteiger partial charge < -0.3 is 14.9 Å². The van der Waals surface area contributed by atoms with Gasteiger partial charge in [-0.05, 0) is 12.1 Å². The summed E-state index contributed by atoms with van der Waals surface area (Å²) in [5.74, 6) is 0.0482. The van der Waals surface area contributed by atoms with Crippen molar-refractivity contribution >= 4 is 5.91 Å². The Kier molecular flexibility index (Phi) is 4.93. The Bertz CT molecular complexity index is 400. The number of hydrogen-bond acceptors (Lipinski definition) is 3. The summed E-state index contributed by atoms with van der Waals surface area (Å²) in [5.41, 5.74) is 0.808. The number of rotatable bonds is 4. The van der Waals surface area contributed by atoms with Gasteiger partial charge in [-0.2, -0.15) is 0 Å². The van der Waals surface area contributed by atoms with E-state index in [0.29, 0.717) is 0 Å². The number of amides is 1. The number of likely N-dealkylation sites (N-methyl/N-ethyl adjacent to an activating group) is 1. The van der Waals surface area contributed by atoms with Gasteiger partial charge in [-0.3, -0.25) is 4.79 Å². The lowest BCUT2D eigenvalue weighted by Gasteiger charge is -2.34. The third kappa shape index (κ3) is 3.78. The van der Waals surface area contributed by atoms with Crippen LogP contribution in [-0.2, 0) is 4.79 Å². The zero-order chi connectivity index (χ0) is 13.7. The number of nitrogens with zero attached hydrogens (tertiary/aromatic N) is 2. The monoisotopic (exact) mass is 262 g/mol. The molecule has 19 heavy (non-hydrogen) atoms. The lowest BCUT2D eigenvalue weighted by atomic mass is 10.1. The van der Waals surface area contributed by atoms with Gasteiger partial charge in [0, 0.05) is 26.2 Å². The summed E-state index contributed by atoms with van der Waals surface area (Å²) < 4.78 is 0. The van der Waals surface area contributed by atoms with E-state index < -0.39 is 6.10 Å². The summed E-state index contributed by atoms with van der Waals surface area (Å²) in [6.07, 6.45) is -0.520. The highest BCUT2D eigenvalue weighted by Crippen LogP contribution is 2.17. The van der Waals surface area contributed by atoms with E-state index in [2.05, 4.69) is 11.8 Å². The number of aliphatic hydroxyl groups excluding tert-OH is 1. The fourth-order valence-corrected chi connectivity index (χ4v) is 2.40. The minimum atomic E-state index is -0.696. The Morgan fingerprint density at radius 2 is 1.84 bits per heavy atom. The summed E-state index contributed by atoms with van der Waals surface area (Å²) in [7, 11) is 0. The molecule has 0 bridgehead atoms. The molecule has 1 amide bonds. The smallest absolute Gasteiger partial charge is 0.225 e. The van der Waals surface area contributed by atoms with Gasteiger partial charge in [-0.1, -0.05) is 37.3 Å². The maximum atomic E-state index is 12.1. The SMILES string of the molecule is CCN1CCN(C(=O)CC(O)c2ccccc2)CC1. The summed E-state index contributed by atoms with van der Waals surface area (Å²) in [6.45, 7) is 6.58. The predicted octanol–water partition coefficient (Wildman–Crippen LogP) is 1.27. The quantitative estimate of drug-likeness (QED) is 0.889. The van der Waals surface area contributed by atoms with Gasteiger partial charge >= 0.3 is 0 Å². The van der Waals surface area contributed by atoms with Crippen LogP contribution in [-0.4, -0.2) is 53.5 Å². The van der Waals surface area contributed by atoms with Gasteiger partial charge in [0.05, 0.1) is 12.5 Å². The number of aliphatic hydroxyl groups is 1. The van der Waals surface area contributed by atoms with Crippen molar-refractivity contribution in [2.45, 2.75) is 19.4 Å². The number of carbonyl (C=O) groups excluding carboxylic acids is 1. The minimum absolute atomic E-state index is 0.0482. The molecule has 1 atom stereocenters. The molecule has 1 aliphatic rings. The zero-order valence-corrected chi connectivity index (χ0v) is 11.5. The van der Waals surface area contributed by atoms with Gasteiger partial charge in [0.2, 0.25) is 5.91 Å². The van der Waals surface area contributed by atoms with Gasteiger partial charge in [0.25, 0.3) is 0 Å². The highest BCUT2D eigenvalue weighted by molar-refractivity contribution is 5.77. The highest BCUT2D eigenvalue weighted by atomic mass is 16.3. The van der Waals surface area contributed by atoms with Crippen LogP contribution in [0.25, 0.3) is 0 Å². The minimum Gasteiger partial charge on any atom is -0.388 e. The lowest BCUT2D eigenvalue weighted by molar-refractivity contribution is -0.135. The van der Waals surface area contributed by atoms with Crippen LogP contribution in [0.2, 0.25) is 0 Å². The number of piperazine rings is 1. The summed E-state index contributed by atoms with van der Waals surface area (Å²) >= 11 is 0. The Balaban J connectivity index is 1.84. The van der Waals surface area contributed by atoms with Crippen molar-refractivity contribution in [1.29, 1.82) is 0 Å². The molecular weight excluding hydrogens is 240 g/mol. The van der Waals surface area contributed by atoms with Crippen molar-refractivity contribution in [3.8, 4) is 0 Å². The second kappa shape index (κ2) is 6.68. The molecule has 1 N–H and O–H groups in total. The molecule has 4 nitrogen and oxygen atoms in total. The molecular formula is C15H22N2O2.